The molecule has 0 bridgehead atoms. The predicted molar refractivity (Wildman–Crippen MR) is 77.4 cm³/mol. The maximum atomic E-state index is 13.5. The van der Waals surface area contributed by atoms with Gasteiger partial charge in [-0.05, 0) is 36.2 Å². The normalized spacial score (nSPS) is 12.4. The first kappa shape index (κ1) is 14.0. The van der Waals surface area contributed by atoms with Gasteiger partial charge in [0.1, 0.15) is 11.6 Å². The molecule has 2 nitrogen and oxygen atoms in total. The molecule has 0 fully saturated rings. The van der Waals surface area contributed by atoms with E-state index in [-0.39, 0.29) is 11.9 Å². The molecule has 0 aliphatic heterocycles. The molecule has 1 N–H and O–H groups in total. The Bertz CT molecular complexity index is 513. The summed E-state index contributed by atoms with van der Waals surface area (Å²) in [4.78, 5) is 1.28. The van der Waals surface area contributed by atoms with Crippen molar-refractivity contribution in [3.05, 3.63) is 52.0 Å². The summed E-state index contributed by atoms with van der Waals surface area (Å²) in [5, 5.41) is 5.46. The van der Waals surface area contributed by atoms with Gasteiger partial charge >= 0.3 is 0 Å². The van der Waals surface area contributed by atoms with Crippen molar-refractivity contribution in [2.45, 2.75) is 19.4 Å². The van der Waals surface area contributed by atoms with E-state index in [2.05, 4.69) is 16.8 Å². The van der Waals surface area contributed by atoms with Crippen LogP contribution < -0.4 is 10.1 Å². The van der Waals surface area contributed by atoms with Crippen molar-refractivity contribution < 1.29 is 9.13 Å². The molecule has 0 aliphatic rings. The fraction of sp³-hybridized carbons (Fsp3) is 0.333. The van der Waals surface area contributed by atoms with E-state index >= 15 is 0 Å². The zero-order chi connectivity index (χ0) is 13.7. The lowest BCUT2D eigenvalue weighted by Crippen LogP contribution is -2.23. The van der Waals surface area contributed by atoms with Crippen LogP contribution in [0, 0.1) is 5.82 Å². The van der Waals surface area contributed by atoms with Gasteiger partial charge in [0.05, 0.1) is 7.11 Å². The Kier molecular flexibility index (Phi) is 4.93. The molecule has 2 aromatic rings. The number of likely N-dealkylation sites (N-methyl/N-ethyl adjacent to an activating group) is 1. The van der Waals surface area contributed by atoms with Gasteiger partial charge in [-0.3, -0.25) is 0 Å². The standard InChI is InChI=1S/C15H18FNOS/c1-3-17-14(10-12-5-4-8-19-12)13-9-11(16)6-7-15(13)18-2/h4-9,14,17H,3,10H2,1-2H3. The molecular formula is C15H18FNOS. The minimum Gasteiger partial charge on any atom is -0.496 e. The van der Waals surface area contributed by atoms with Crippen molar-refractivity contribution in [3.8, 4) is 5.75 Å². The summed E-state index contributed by atoms with van der Waals surface area (Å²) in [6.07, 6.45) is 0.839. The molecule has 0 aliphatic carbocycles. The van der Waals surface area contributed by atoms with Gasteiger partial charge in [-0.25, -0.2) is 4.39 Å². The minimum atomic E-state index is -0.232. The first-order valence-electron chi connectivity index (χ1n) is 6.33. The highest BCUT2D eigenvalue weighted by atomic mass is 32.1. The van der Waals surface area contributed by atoms with Crippen LogP contribution in [0.25, 0.3) is 0 Å². The first-order chi connectivity index (χ1) is 9.24. The summed E-state index contributed by atoms with van der Waals surface area (Å²) in [6.45, 7) is 2.88. The van der Waals surface area contributed by atoms with E-state index in [1.165, 1.54) is 10.9 Å². The Balaban J connectivity index is 2.29. The molecule has 0 radical (unpaired) electrons. The van der Waals surface area contributed by atoms with Gasteiger partial charge in [0.25, 0.3) is 0 Å². The van der Waals surface area contributed by atoms with Crippen molar-refractivity contribution in [1.29, 1.82) is 0 Å². The van der Waals surface area contributed by atoms with E-state index in [0.29, 0.717) is 0 Å². The van der Waals surface area contributed by atoms with Crippen LogP contribution in [-0.2, 0) is 6.42 Å². The molecule has 1 unspecified atom stereocenters. The summed E-state index contributed by atoms with van der Waals surface area (Å²) in [5.74, 6) is 0.494. The third-order valence-corrected chi connectivity index (χ3v) is 3.90. The molecule has 1 atom stereocenters. The lowest BCUT2D eigenvalue weighted by molar-refractivity contribution is 0.397. The summed E-state index contributed by atoms with van der Waals surface area (Å²) >= 11 is 1.71. The van der Waals surface area contributed by atoms with E-state index in [1.54, 1.807) is 30.6 Å². The number of ether oxygens (including phenoxy) is 1. The van der Waals surface area contributed by atoms with Gasteiger partial charge in [0.2, 0.25) is 0 Å². The van der Waals surface area contributed by atoms with E-state index in [0.717, 1.165) is 24.3 Å². The maximum Gasteiger partial charge on any atom is 0.123 e. The van der Waals surface area contributed by atoms with Crippen LogP contribution in [0.5, 0.6) is 5.75 Å². The summed E-state index contributed by atoms with van der Waals surface area (Å²) in [6, 6.07) is 8.86. The fourth-order valence-corrected chi connectivity index (χ4v) is 2.90. The Morgan fingerprint density at radius 1 is 1.37 bits per heavy atom. The van der Waals surface area contributed by atoms with Crippen LogP contribution in [0.4, 0.5) is 4.39 Å². The number of benzene rings is 1. The van der Waals surface area contributed by atoms with Gasteiger partial charge in [-0.15, -0.1) is 11.3 Å². The van der Waals surface area contributed by atoms with E-state index in [1.807, 2.05) is 13.0 Å². The number of thiophene rings is 1. The zero-order valence-electron chi connectivity index (χ0n) is 11.2. The number of hydrogen-bond donors (Lipinski definition) is 1. The highest BCUT2D eigenvalue weighted by Gasteiger charge is 2.17. The van der Waals surface area contributed by atoms with Crippen LogP contribution >= 0.6 is 11.3 Å². The molecule has 1 heterocycles. The van der Waals surface area contributed by atoms with E-state index in [9.17, 15) is 4.39 Å². The lowest BCUT2D eigenvalue weighted by atomic mass is 10.0. The zero-order valence-corrected chi connectivity index (χ0v) is 12.0. The quantitative estimate of drug-likeness (QED) is 0.868. The second kappa shape index (κ2) is 6.68. The average Bonchev–Trinajstić information content (AvgIpc) is 2.91. The molecule has 1 aromatic carbocycles. The molecule has 2 rings (SSSR count). The van der Waals surface area contributed by atoms with Crippen molar-refractivity contribution in [2.75, 3.05) is 13.7 Å². The summed E-state index contributed by atoms with van der Waals surface area (Å²) < 4.78 is 18.8. The molecule has 0 spiro atoms. The molecular weight excluding hydrogens is 261 g/mol. The van der Waals surface area contributed by atoms with Gasteiger partial charge in [0, 0.05) is 22.9 Å². The van der Waals surface area contributed by atoms with Crippen molar-refractivity contribution >= 4 is 11.3 Å². The topological polar surface area (TPSA) is 21.3 Å². The smallest absolute Gasteiger partial charge is 0.123 e. The molecule has 0 saturated carbocycles. The molecule has 1 aromatic heterocycles. The summed E-state index contributed by atoms with van der Waals surface area (Å²) in [7, 11) is 1.62. The molecule has 0 saturated heterocycles. The third-order valence-electron chi connectivity index (χ3n) is 3.00. The van der Waals surface area contributed by atoms with Gasteiger partial charge in [-0.1, -0.05) is 13.0 Å². The second-order valence-corrected chi connectivity index (χ2v) is 5.31. The van der Waals surface area contributed by atoms with Crippen LogP contribution in [-0.4, -0.2) is 13.7 Å². The number of methoxy groups -OCH3 is 1. The Labute approximate surface area is 117 Å². The third kappa shape index (κ3) is 3.55. The maximum absolute atomic E-state index is 13.5. The van der Waals surface area contributed by atoms with Crippen molar-refractivity contribution in [2.24, 2.45) is 0 Å². The molecule has 0 amide bonds. The fourth-order valence-electron chi connectivity index (χ4n) is 2.15. The van der Waals surface area contributed by atoms with Gasteiger partial charge < -0.3 is 10.1 Å². The highest BCUT2D eigenvalue weighted by Crippen LogP contribution is 2.29. The van der Waals surface area contributed by atoms with Crippen LogP contribution in [0.2, 0.25) is 0 Å². The van der Waals surface area contributed by atoms with Crippen LogP contribution in [0.3, 0.4) is 0 Å². The predicted octanol–water partition coefficient (Wildman–Crippen LogP) is 3.79. The monoisotopic (exact) mass is 279 g/mol. The Hall–Kier alpha value is -1.39. The lowest BCUT2D eigenvalue weighted by Gasteiger charge is -2.20. The SMILES string of the molecule is CCNC(Cc1cccs1)c1cc(F)ccc1OC. The minimum absolute atomic E-state index is 0.0642. The number of hydrogen-bond acceptors (Lipinski definition) is 3. The van der Waals surface area contributed by atoms with Gasteiger partial charge in [0.15, 0.2) is 0 Å². The molecule has 102 valence electrons. The van der Waals surface area contributed by atoms with E-state index < -0.39 is 0 Å². The van der Waals surface area contributed by atoms with Gasteiger partial charge in [-0.2, -0.15) is 0 Å². The average molecular weight is 279 g/mol. The largest absolute Gasteiger partial charge is 0.496 e. The number of rotatable bonds is 6. The molecule has 4 heteroatoms. The van der Waals surface area contributed by atoms with Crippen LogP contribution in [0.1, 0.15) is 23.4 Å². The van der Waals surface area contributed by atoms with Crippen molar-refractivity contribution in [1.82, 2.24) is 5.32 Å². The van der Waals surface area contributed by atoms with Crippen molar-refractivity contribution in [3.63, 3.8) is 0 Å². The number of nitrogens with one attached hydrogen (secondary N) is 1. The Morgan fingerprint density at radius 2 is 2.21 bits per heavy atom. The number of halogens is 1. The molecule has 19 heavy (non-hydrogen) atoms. The first-order valence-corrected chi connectivity index (χ1v) is 7.21. The Morgan fingerprint density at radius 3 is 2.84 bits per heavy atom. The van der Waals surface area contributed by atoms with Crippen LogP contribution in [0.15, 0.2) is 35.7 Å². The second-order valence-electron chi connectivity index (χ2n) is 4.28. The summed E-state index contributed by atoms with van der Waals surface area (Å²) in [5.41, 5.74) is 0.873. The highest BCUT2D eigenvalue weighted by molar-refractivity contribution is 7.09. The van der Waals surface area contributed by atoms with E-state index in [4.69, 9.17) is 4.74 Å².